The summed E-state index contributed by atoms with van der Waals surface area (Å²) in [5, 5.41) is 2.99. The number of anilines is 1. The molecule has 1 aliphatic heterocycles. The lowest BCUT2D eigenvalue weighted by Crippen LogP contribution is -2.48. The van der Waals surface area contributed by atoms with Crippen molar-refractivity contribution in [2.24, 2.45) is 0 Å². The Morgan fingerprint density at radius 3 is 2.55 bits per heavy atom. The fourth-order valence-electron chi connectivity index (χ4n) is 2.58. The monoisotopic (exact) mass is 319 g/mol. The first-order valence-corrected chi connectivity index (χ1v) is 8.27. The van der Waals surface area contributed by atoms with E-state index in [4.69, 9.17) is 0 Å². The Morgan fingerprint density at radius 1 is 1.18 bits per heavy atom. The number of thiazole rings is 1. The Morgan fingerprint density at radius 2 is 1.91 bits per heavy atom. The molecule has 2 aromatic rings. The molecule has 0 radical (unpaired) electrons. The zero-order valence-electron chi connectivity index (χ0n) is 12.2. The van der Waals surface area contributed by atoms with Crippen LogP contribution in [0, 0.1) is 5.82 Å². The van der Waals surface area contributed by atoms with Gasteiger partial charge in [0.2, 0.25) is 5.91 Å². The number of carbonyl (C=O) groups is 1. The molecule has 1 amide bonds. The molecule has 1 aromatic carbocycles. The lowest BCUT2D eigenvalue weighted by atomic mass is 10.1. The van der Waals surface area contributed by atoms with E-state index in [9.17, 15) is 9.18 Å². The molecule has 116 valence electrons. The fraction of sp³-hybridized carbons (Fsp3) is 0.375. The van der Waals surface area contributed by atoms with Gasteiger partial charge >= 0.3 is 0 Å². The van der Waals surface area contributed by atoms with E-state index in [0.29, 0.717) is 12.8 Å². The summed E-state index contributed by atoms with van der Waals surface area (Å²) in [4.78, 5) is 20.7. The third-order valence-corrected chi connectivity index (χ3v) is 4.70. The van der Waals surface area contributed by atoms with Crippen LogP contribution >= 0.6 is 11.3 Å². The van der Waals surface area contributed by atoms with Gasteiger partial charge in [-0.2, -0.15) is 0 Å². The van der Waals surface area contributed by atoms with Gasteiger partial charge in [0.25, 0.3) is 0 Å². The molecule has 4 nitrogen and oxygen atoms in total. The van der Waals surface area contributed by atoms with Crippen molar-refractivity contribution in [1.82, 2.24) is 9.88 Å². The summed E-state index contributed by atoms with van der Waals surface area (Å²) in [6.07, 6.45) is 2.94. The quantitative estimate of drug-likeness (QED) is 0.869. The Bertz CT molecular complexity index is 607. The summed E-state index contributed by atoms with van der Waals surface area (Å²) in [5.74, 6) is -0.0727. The second-order valence-electron chi connectivity index (χ2n) is 5.31. The maximum absolute atomic E-state index is 12.8. The highest BCUT2D eigenvalue weighted by Gasteiger charge is 2.21. The van der Waals surface area contributed by atoms with Gasteiger partial charge < -0.3 is 9.80 Å². The van der Waals surface area contributed by atoms with Gasteiger partial charge in [-0.05, 0) is 24.1 Å². The van der Waals surface area contributed by atoms with Crippen LogP contribution in [0.5, 0.6) is 0 Å². The SMILES string of the molecule is O=C(CCc1ccc(F)cc1)N1CCN(c2nccs2)CC1. The summed E-state index contributed by atoms with van der Waals surface area (Å²) in [6.45, 7) is 3.13. The molecule has 0 N–H and O–H groups in total. The smallest absolute Gasteiger partial charge is 0.223 e. The van der Waals surface area contributed by atoms with Crippen LogP contribution in [0.15, 0.2) is 35.8 Å². The lowest BCUT2D eigenvalue weighted by Gasteiger charge is -2.34. The number of aromatic nitrogens is 1. The first kappa shape index (κ1) is 15.0. The van der Waals surface area contributed by atoms with E-state index in [2.05, 4.69) is 9.88 Å². The number of hydrogen-bond donors (Lipinski definition) is 0. The second-order valence-corrected chi connectivity index (χ2v) is 6.18. The molecular weight excluding hydrogens is 301 g/mol. The van der Waals surface area contributed by atoms with Gasteiger partial charge in [0, 0.05) is 44.2 Å². The third-order valence-electron chi connectivity index (χ3n) is 3.86. The minimum absolute atomic E-state index is 0.170. The Labute approximate surface area is 133 Å². The van der Waals surface area contributed by atoms with Crippen molar-refractivity contribution < 1.29 is 9.18 Å². The van der Waals surface area contributed by atoms with E-state index in [0.717, 1.165) is 36.9 Å². The molecule has 3 rings (SSSR count). The molecule has 0 spiro atoms. The van der Waals surface area contributed by atoms with Gasteiger partial charge in [-0.15, -0.1) is 11.3 Å². The van der Waals surface area contributed by atoms with Crippen LogP contribution in [0.25, 0.3) is 0 Å². The Balaban J connectivity index is 1.46. The molecule has 1 fully saturated rings. The van der Waals surface area contributed by atoms with Crippen LogP contribution in [0.3, 0.4) is 0 Å². The number of piperazine rings is 1. The molecule has 2 heterocycles. The van der Waals surface area contributed by atoms with Gasteiger partial charge in [0.05, 0.1) is 0 Å². The number of carbonyl (C=O) groups excluding carboxylic acids is 1. The molecule has 0 saturated carbocycles. The van der Waals surface area contributed by atoms with Crippen molar-refractivity contribution in [3.63, 3.8) is 0 Å². The molecular formula is C16H18FN3OS. The molecule has 0 atom stereocenters. The second kappa shape index (κ2) is 6.87. The zero-order valence-corrected chi connectivity index (χ0v) is 13.1. The standard InChI is InChI=1S/C16H18FN3OS/c17-14-4-1-13(2-5-14)3-6-15(21)19-8-10-20(11-9-19)16-18-7-12-22-16/h1-2,4-5,7,12H,3,6,8-11H2. The normalized spacial score (nSPS) is 15.1. The highest BCUT2D eigenvalue weighted by atomic mass is 32.1. The average molecular weight is 319 g/mol. The number of hydrogen-bond acceptors (Lipinski definition) is 4. The predicted octanol–water partition coefficient (Wildman–Crippen LogP) is 2.56. The average Bonchev–Trinajstić information content (AvgIpc) is 3.09. The van der Waals surface area contributed by atoms with E-state index in [1.807, 2.05) is 10.3 Å². The predicted molar refractivity (Wildman–Crippen MR) is 85.6 cm³/mol. The highest BCUT2D eigenvalue weighted by molar-refractivity contribution is 7.13. The van der Waals surface area contributed by atoms with Crippen LogP contribution in [0.1, 0.15) is 12.0 Å². The molecule has 0 aliphatic carbocycles. The van der Waals surface area contributed by atoms with Crippen molar-refractivity contribution in [2.75, 3.05) is 31.1 Å². The van der Waals surface area contributed by atoms with E-state index >= 15 is 0 Å². The summed E-state index contributed by atoms with van der Waals surface area (Å²) < 4.78 is 12.8. The van der Waals surface area contributed by atoms with Crippen molar-refractivity contribution >= 4 is 22.4 Å². The number of rotatable bonds is 4. The van der Waals surface area contributed by atoms with E-state index < -0.39 is 0 Å². The van der Waals surface area contributed by atoms with Gasteiger partial charge in [0.15, 0.2) is 5.13 Å². The minimum Gasteiger partial charge on any atom is -0.345 e. The van der Waals surface area contributed by atoms with E-state index in [1.54, 1.807) is 29.7 Å². The van der Waals surface area contributed by atoms with Crippen LogP contribution in [-0.4, -0.2) is 42.0 Å². The molecule has 6 heteroatoms. The minimum atomic E-state index is -0.242. The van der Waals surface area contributed by atoms with Gasteiger partial charge in [0.1, 0.15) is 5.82 Å². The first-order chi connectivity index (χ1) is 10.7. The summed E-state index contributed by atoms with van der Waals surface area (Å²) in [6, 6.07) is 6.35. The van der Waals surface area contributed by atoms with Crippen LogP contribution in [0.2, 0.25) is 0 Å². The lowest BCUT2D eigenvalue weighted by molar-refractivity contribution is -0.131. The molecule has 1 aromatic heterocycles. The van der Waals surface area contributed by atoms with E-state index in [1.165, 1.54) is 12.1 Å². The van der Waals surface area contributed by atoms with E-state index in [-0.39, 0.29) is 11.7 Å². The van der Waals surface area contributed by atoms with Crippen LogP contribution in [-0.2, 0) is 11.2 Å². The number of halogens is 1. The number of nitrogens with zero attached hydrogens (tertiary/aromatic N) is 3. The maximum atomic E-state index is 12.8. The van der Waals surface area contributed by atoms with Gasteiger partial charge in [-0.25, -0.2) is 9.37 Å². The summed E-state index contributed by atoms with van der Waals surface area (Å²) in [7, 11) is 0. The van der Waals surface area contributed by atoms with Crippen LogP contribution in [0.4, 0.5) is 9.52 Å². The molecule has 1 aliphatic rings. The Kier molecular flexibility index (Phi) is 4.68. The molecule has 1 saturated heterocycles. The summed E-state index contributed by atoms with van der Waals surface area (Å²) in [5.41, 5.74) is 0.996. The highest BCUT2D eigenvalue weighted by Crippen LogP contribution is 2.19. The largest absolute Gasteiger partial charge is 0.345 e. The third kappa shape index (κ3) is 3.62. The van der Waals surface area contributed by atoms with Gasteiger partial charge in [-0.1, -0.05) is 12.1 Å². The Hall–Kier alpha value is -1.95. The number of amides is 1. The number of benzene rings is 1. The topological polar surface area (TPSA) is 36.4 Å². The van der Waals surface area contributed by atoms with Crippen molar-refractivity contribution in [3.05, 3.63) is 47.2 Å². The molecule has 22 heavy (non-hydrogen) atoms. The zero-order chi connectivity index (χ0) is 15.4. The van der Waals surface area contributed by atoms with Gasteiger partial charge in [-0.3, -0.25) is 4.79 Å². The molecule has 0 unspecified atom stereocenters. The van der Waals surface area contributed by atoms with Crippen molar-refractivity contribution in [1.29, 1.82) is 0 Å². The summed E-state index contributed by atoms with van der Waals surface area (Å²) >= 11 is 1.63. The maximum Gasteiger partial charge on any atom is 0.223 e. The fourth-order valence-corrected chi connectivity index (χ4v) is 3.28. The first-order valence-electron chi connectivity index (χ1n) is 7.39. The number of aryl methyl sites for hydroxylation is 1. The van der Waals surface area contributed by atoms with Crippen LogP contribution < -0.4 is 4.90 Å². The van der Waals surface area contributed by atoms with Crippen molar-refractivity contribution in [2.45, 2.75) is 12.8 Å². The van der Waals surface area contributed by atoms with Crippen molar-refractivity contribution in [3.8, 4) is 0 Å². The molecule has 0 bridgehead atoms.